The third kappa shape index (κ3) is 7.70. The van der Waals surface area contributed by atoms with Crippen LogP contribution in [0, 0.1) is 0 Å². The molecular weight excluding hydrogens is 396 g/mol. The second-order valence-corrected chi connectivity index (χ2v) is 8.58. The number of aliphatic imine (C=N–C) groups is 1. The van der Waals surface area contributed by atoms with Crippen molar-refractivity contribution >= 4 is 17.3 Å². The van der Waals surface area contributed by atoms with Gasteiger partial charge in [-0.2, -0.15) is 0 Å². The molecule has 30 heavy (non-hydrogen) atoms. The zero-order chi connectivity index (χ0) is 21.0. The number of hydrogen-bond donors (Lipinski definition) is 2. The number of nitrogens with one attached hydrogen (secondary N) is 2. The van der Waals surface area contributed by atoms with Gasteiger partial charge >= 0.3 is 0 Å². The maximum Gasteiger partial charge on any atom is 0.191 e. The Morgan fingerprint density at radius 1 is 1.17 bits per heavy atom. The minimum Gasteiger partial charge on any atom is -0.381 e. The van der Waals surface area contributed by atoms with E-state index in [1.165, 1.54) is 21.0 Å². The van der Waals surface area contributed by atoms with Crippen LogP contribution in [0.4, 0.5) is 0 Å². The first-order chi connectivity index (χ1) is 14.8. The van der Waals surface area contributed by atoms with Gasteiger partial charge in [0.05, 0.1) is 24.3 Å². The molecule has 0 spiro atoms. The molecule has 1 aromatic heterocycles. The van der Waals surface area contributed by atoms with Crippen molar-refractivity contribution in [3.05, 3.63) is 51.5 Å². The van der Waals surface area contributed by atoms with Crippen LogP contribution in [0.15, 0.2) is 35.5 Å². The van der Waals surface area contributed by atoms with Crippen LogP contribution in [0.25, 0.3) is 0 Å². The molecule has 0 unspecified atom stereocenters. The lowest BCUT2D eigenvalue weighted by atomic mass is 10.1. The number of thiazole rings is 1. The van der Waals surface area contributed by atoms with Crippen molar-refractivity contribution in [2.24, 2.45) is 4.99 Å². The van der Waals surface area contributed by atoms with Crippen LogP contribution in [0.2, 0.25) is 0 Å². The first-order valence-corrected chi connectivity index (χ1v) is 11.8. The molecule has 1 aliphatic rings. The monoisotopic (exact) mass is 430 g/mol. The van der Waals surface area contributed by atoms with E-state index in [2.05, 4.69) is 53.7 Å². The van der Waals surface area contributed by atoms with Gasteiger partial charge < -0.3 is 20.1 Å². The zero-order valence-electron chi connectivity index (χ0n) is 18.2. The average molecular weight is 431 g/mol. The lowest BCUT2D eigenvalue weighted by Crippen LogP contribution is -2.38. The van der Waals surface area contributed by atoms with Crippen LogP contribution in [0.1, 0.15) is 47.7 Å². The summed E-state index contributed by atoms with van der Waals surface area (Å²) in [5.41, 5.74) is 2.39. The lowest BCUT2D eigenvalue weighted by Gasteiger charge is -2.22. The molecule has 6 nitrogen and oxygen atoms in total. The summed E-state index contributed by atoms with van der Waals surface area (Å²) in [6.45, 7) is 8.84. The third-order valence-electron chi connectivity index (χ3n) is 5.02. The summed E-state index contributed by atoms with van der Waals surface area (Å²) < 4.78 is 11.4. The van der Waals surface area contributed by atoms with Crippen molar-refractivity contribution in [2.45, 2.75) is 58.8 Å². The number of hydrogen-bond acceptors (Lipinski definition) is 5. The van der Waals surface area contributed by atoms with E-state index in [1.807, 2.05) is 6.20 Å². The van der Waals surface area contributed by atoms with Gasteiger partial charge in [0, 0.05) is 43.8 Å². The molecule has 2 heterocycles. The Bertz CT molecular complexity index is 770. The smallest absolute Gasteiger partial charge is 0.191 e. The predicted octanol–water partition coefficient (Wildman–Crippen LogP) is 3.70. The number of benzene rings is 1. The highest BCUT2D eigenvalue weighted by Crippen LogP contribution is 2.15. The van der Waals surface area contributed by atoms with Crippen molar-refractivity contribution in [1.82, 2.24) is 15.6 Å². The van der Waals surface area contributed by atoms with Crippen molar-refractivity contribution in [1.29, 1.82) is 0 Å². The van der Waals surface area contributed by atoms with E-state index in [0.717, 1.165) is 57.9 Å². The highest BCUT2D eigenvalue weighted by Gasteiger charge is 2.13. The summed E-state index contributed by atoms with van der Waals surface area (Å²) in [6.07, 6.45) is 6.27. The maximum atomic E-state index is 6.00. The van der Waals surface area contributed by atoms with Gasteiger partial charge in [0.1, 0.15) is 0 Å². The Morgan fingerprint density at radius 3 is 2.63 bits per heavy atom. The lowest BCUT2D eigenvalue weighted by molar-refractivity contribution is -0.0390. The van der Waals surface area contributed by atoms with E-state index in [4.69, 9.17) is 14.5 Å². The summed E-state index contributed by atoms with van der Waals surface area (Å²) in [7, 11) is 0. The van der Waals surface area contributed by atoms with Crippen LogP contribution >= 0.6 is 11.3 Å². The average Bonchev–Trinajstić information content (AvgIpc) is 3.25. The van der Waals surface area contributed by atoms with Gasteiger partial charge in [0.2, 0.25) is 0 Å². The Labute approximate surface area is 184 Å². The minimum atomic E-state index is 0.328. The second-order valence-electron chi connectivity index (χ2n) is 7.39. The molecule has 1 aromatic carbocycles. The van der Waals surface area contributed by atoms with Crippen molar-refractivity contribution < 1.29 is 9.47 Å². The van der Waals surface area contributed by atoms with Crippen molar-refractivity contribution in [3.8, 4) is 0 Å². The SMILES string of the molecule is CCNC(=NCc1ccc(COC2CCOCC2)cc1)NCCc1ncc(CC)s1. The number of nitrogens with zero attached hydrogens (tertiary/aromatic N) is 2. The molecule has 0 aliphatic carbocycles. The molecule has 1 fully saturated rings. The molecule has 0 radical (unpaired) electrons. The Balaban J connectivity index is 1.43. The first kappa shape index (κ1) is 22.7. The molecule has 0 amide bonds. The van der Waals surface area contributed by atoms with E-state index < -0.39 is 0 Å². The normalized spacial score (nSPS) is 15.3. The Morgan fingerprint density at radius 2 is 1.93 bits per heavy atom. The molecule has 7 heteroatoms. The van der Waals surface area contributed by atoms with Gasteiger partial charge in [-0.25, -0.2) is 9.98 Å². The largest absolute Gasteiger partial charge is 0.381 e. The molecule has 0 bridgehead atoms. The fourth-order valence-corrected chi connectivity index (χ4v) is 4.09. The molecule has 0 saturated carbocycles. The van der Waals surface area contributed by atoms with E-state index in [9.17, 15) is 0 Å². The fourth-order valence-electron chi connectivity index (χ4n) is 3.22. The van der Waals surface area contributed by atoms with Gasteiger partial charge in [-0.3, -0.25) is 0 Å². The number of aryl methyl sites for hydroxylation is 1. The van der Waals surface area contributed by atoms with Crippen LogP contribution in [0.3, 0.4) is 0 Å². The minimum absolute atomic E-state index is 0.328. The maximum absolute atomic E-state index is 6.00. The van der Waals surface area contributed by atoms with Crippen molar-refractivity contribution in [3.63, 3.8) is 0 Å². The van der Waals surface area contributed by atoms with Gasteiger partial charge in [-0.15, -0.1) is 11.3 Å². The Kier molecular flexibility index (Phi) is 9.60. The van der Waals surface area contributed by atoms with Gasteiger partial charge in [0.15, 0.2) is 5.96 Å². The standard InChI is InChI=1S/C23H34N4O2S/c1-3-21-16-26-22(30-21)9-12-25-23(24-4-2)27-15-18-5-7-19(8-6-18)17-29-20-10-13-28-14-11-20/h5-8,16,20H,3-4,9-15,17H2,1-2H3,(H2,24,25,27). The first-order valence-electron chi connectivity index (χ1n) is 11.0. The molecule has 1 aliphatic heterocycles. The van der Waals surface area contributed by atoms with E-state index >= 15 is 0 Å². The molecule has 3 rings (SSSR count). The van der Waals surface area contributed by atoms with E-state index in [-0.39, 0.29) is 0 Å². The quantitative estimate of drug-likeness (QED) is 0.444. The summed E-state index contributed by atoms with van der Waals surface area (Å²) in [4.78, 5) is 10.5. The van der Waals surface area contributed by atoms with E-state index in [0.29, 0.717) is 19.3 Å². The summed E-state index contributed by atoms with van der Waals surface area (Å²) in [5.74, 6) is 0.844. The highest BCUT2D eigenvalue weighted by molar-refractivity contribution is 7.11. The second kappa shape index (κ2) is 12.7. The fraction of sp³-hybridized carbons (Fsp3) is 0.565. The predicted molar refractivity (Wildman–Crippen MR) is 123 cm³/mol. The zero-order valence-corrected chi connectivity index (χ0v) is 19.0. The topological polar surface area (TPSA) is 67.8 Å². The highest BCUT2D eigenvalue weighted by atomic mass is 32.1. The molecule has 1 saturated heterocycles. The summed E-state index contributed by atoms with van der Waals surface area (Å²) >= 11 is 1.79. The summed E-state index contributed by atoms with van der Waals surface area (Å²) in [5, 5.41) is 7.90. The van der Waals surface area contributed by atoms with Crippen LogP contribution < -0.4 is 10.6 Å². The van der Waals surface area contributed by atoms with Gasteiger partial charge in [-0.1, -0.05) is 31.2 Å². The number of aromatic nitrogens is 1. The number of guanidine groups is 1. The Hall–Kier alpha value is -1.96. The van der Waals surface area contributed by atoms with Crippen molar-refractivity contribution in [2.75, 3.05) is 26.3 Å². The van der Waals surface area contributed by atoms with E-state index in [1.54, 1.807) is 11.3 Å². The molecule has 2 N–H and O–H groups in total. The third-order valence-corrected chi connectivity index (χ3v) is 6.22. The van der Waals surface area contributed by atoms with Gasteiger partial charge in [-0.05, 0) is 37.3 Å². The molecular formula is C23H34N4O2S. The van der Waals surface area contributed by atoms with Crippen LogP contribution in [0.5, 0.6) is 0 Å². The molecule has 2 aromatic rings. The molecule has 164 valence electrons. The van der Waals surface area contributed by atoms with Gasteiger partial charge in [0.25, 0.3) is 0 Å². The van der Waals surface area contributed by atoms with Crippen LogP contribution in [-0.2, 0) is 35.5 Å². The number of ether oxygens (including phenoxy) is 2. The number of rotatable bonds is 10. The molecule has 0 atom stereocenters. The summed E-state index contributed by atoms with van der Waals surface area (Å²) in [6, 6.07) is 8.55. The van der Waals surface area contributed by atoms with Crippen LogP contribution in [-0.4, -0.2) is 43.4 Å².